The number of ether oxygens (including phenoxy) is 1. The minimum atomic E-state index is -3.79. The first-order valence-electron chi connectivity index (χ1n) is 13.5. The number of likely N-dealkylation sites (N-methyl/N-ethyl adjacent to an activating group) is 1. The zero-order valence-corrected chi connectivity index (χ0v) is 24.5. The number of para-hydroxylation sites is 1. The van der Waals surface area contributed by atoms with Gasteiger partial charge in [0.1, 0.15) is 0 Å². The molecule has 2 aromatic carbocycles. The second-order valence-electron chi connectivity index (χ2n) is 13.1. The van der Waals surface area contributed by atoms with Crippen molar-refractivity contribution in [2.24, 2.45) is 10.8 Å². The van der Waals surface area contributed by atoms with Gasteiger partial charge in [-0.25, -0.2) is 13.2 Å². The standard InChI is InChI=1S/C31H38N2O5S/c1-29(2)16-22-17-31(5,19-29)20-33(22)39(36,37)24-11-9-10-21(14-24)28(35)38-18-23(34)15-27-30(3,4)25-12-7-8-13-26(25)32(27)6/h7-15,22H,16-20H2,1-6H3/b27-15-/t22-,31-/m0/s1. The zero-order valence-electron chi connectivity index (χ0n) is 23.7. The molecule has 1 aliphatic carbocycles. The van der Waals surface area contributed by atoms with Crippen molar-refractivity contribution in [3.05, 3.63) is 71.4 Å². The lowest BCUT2D eigenvalue weighted by Crippen LogP contribution is -2.37. The summed E-state index contributed by atoms with van der Waals surface area (Å²) in [4.78, 5) is 27.7. The lowest BCUT2D eigenvalue weighted by molar-refractivity contribution is -0.117. The second kappa shape index (κ2) is 9.30. The minimum Gasteiger partial charge on any atom is -0.454 e. The Bertz CT molecular complexity index is 1480. The predicted octanol–water partition coefficient (Wildman–Crippen LogP) is 5.31. The molecule has 208 valence electrons. The smallest absolute Gasteiger partial charge is 0.338 e. The van der Waals surface area contributed by atoms with Crippen molar-refractivity contribution in [3.63, 3.8) is 0 Å². The normalized spacial score (nSPS) is 26.5. The summed E-state index contributed by atoms with van der Waals surface area (Å²) < 4.78 is 34.3. The number of carbonyl (C=O) groups excluding carboxylic acids is 2. The molecule has 0 unspecified atom stereocenters. The van der Waals surface area contributed by atoms with Crippen LogP contribution in [0.3, 0.4) is 0 Å². The SMILES string of the molecule is CN1/C(=C\C(=O)COC(=O)c2cccc(S(=O)(=O)N3C[C@@]4(C)C[C@@H]3CC(C)(C)C4)c2)C(C)(C)c2ccccc21. The zero-order chi connectivity index (χ0) is 28.4. The molecule has 39 heavy (non-hydrogen) atoms. The molecule has 2 aliphatic heterocycles. The van der Waals surface area contributed by atoms with Crippen LogP contribution in [0.1, 0.15) is 69.8 Å². The Morgan fingerprint density at radius 3 is 2.46 bits per heavy atom. The molecule has 2 atom stereocenters. The molecule has 0 amide bonds. The Labute approximate surface area is 231 Å². The van der Waals surface area contributed by atoms with Gasteiger partial charge in [-0.2, -0.15) is 4.31 Å². The monoisotopic (exact) mass is 550 g/mol. The topological polar surface area (TPSA) is 84.0 Å². The summed E-state index contributed by atoms with van der Waals surface area (Å²) in [7, 11) is -1.87. The Hall–Kier alpha value is -2.97. The van der Waals surface area contributed by atoms with Crippen LogP contribution in [-0.2, 0) is 25.0 Å². The summed E-state index contributed by atoms with van der Waals surface area (Å²) in [5, 5.41) is 0. The summed E-state index contributed by atoms with van der Waals surface area (Å²) >= 11 is 0. The fourth-order valence-electron chi connectivity index (χ4n) is 7.28. The number of ketones is 1. The van der Waals surface area contributed by atoms with Crippen LogP contribution >= 0.6 is 0 Å². The van der Waals surface area contributed by atoms with Gasteiger partial charge in [0.05, 0.1) is 10.5 Å². The van der Waals surface area contributed by atoms with E-state index in [9.17, 15) is 18.0 Å². The van der Waals surface area contributed by atoms with Crippen molar-refractivity contribution in [3.8, 4) is 0 Å². The Morgan fingerprint density at radius 2 is 1.74 bits per heavy atom. The average molecular weight is 551 g/mol. The number of nitrogens with zero attached hydrogens (tertiary/aromatic N) is 2. The van der Waals surface area contributed by atoms with Gasteiger partial charge in [0.2, 0.25) is 10.0 Å². The fourth-order valence-corrected chi connectivity index (χ4v) is 9.10. The van der Waals surface area contributed by atoms with E-state index in [1.165, 1.54) is 24.3 Å². The van der Waals surface area contributed by atoms with Crippen LogP contribution in [-0.4, -0.2) is 50.7 Å². The summed E-state index contributed by atoms with van der Waals surface area (Å²) in [6, 6.07) is 13.9. The molecule has 7 nitrogen and oxygen atoms in total. The van der Waals surface area contributed by atoms with Gasteiger partial charge in [0, 0.05) is 42.5 Å². The molecule has 0 spiro atoms. The number of benzene rings is 2. The van der Waals surface area contributed by atoms with Gasteiger partial charge in [-0.05, 0) is 59.9 Å². The van der Waals surface area contributed by atoms with Gasteiger partial charge in [0.25, 0.3) is 0 Å². The molecule has 8 heteroatoms. The third-order valence-electron chi connectivity index (χ3n) is 8.63. The maximum Gasteiger partial charge on any atom is 0.338 e. The van der Waals surface area contributed by atoms with Gasteiger partial charge in [-0.15, -0.1) is 0 Å². The maximum atomic E-state index is 13.7. The highest BCUT2D eigenvalue weighted by atomic mass is 32.2. The number of fused-ring (bicyclic) bond motifs is 3. The lowest BCUT2D eigenvalue weighted by Gasteiger charge is -2.39. The van der Waals surface area contributed by atoms with Crippen molar-refractivity contribution in [2.75, 3.05) is 25.1 Å². The van der Waals surface area contributed by atoms with E-state index < -0.39 is 22.6 Å². The maximum absolute atomic E-state index is 13.7. The summed E-state index contributed by atoms with van der Waals surface area (Å²) in [5.41, 5.74) is 2.77. The lowest BCUT2D eigenvalue weighted by atomic mass is 9.65. The Balaban J connectivity index is 1.29. The molecular weight excluding hydrogens is 512 g/mol. The molecule has 0 N–H and O–H groups in total. The highest BCUT2D eigenvalue weighted by Gasteiger charge is 2.53. The summed E-state index contributed by atoms with van der Waals surface area (Å²) in [6.07, 6.45) is 4.18. The number of esters is 1. The van der Waals surface area contributed by atoms with Gasteiger partial charge >= 0.3 is 5.97 Å². The van der Waals surface area contributed by atoms with E-state index >= 15 is 0 Å². The summed E-state index contributed by atoms with van der Waals surface area (Å²) in [5.74, 6) is -1.07. The van der Waals surface area contributed by atoms with Crippen molar-refractivity contribution < 1.29 is 22.7 Å². The van der Waals surface area contributed by atoms with Gasteiger partial charge in [-0.3, -0.25) is 4.79 Å². The molecule has 2 heterocycles. The van der Waals surface area contributed by atoms with Crippen LogP contribution < -0.4 is 4.90 Å². The number of hydrogen-bond acceptors (Lipinski definition) is 6. The third kappa shape index (κ3) is 4.93. The quantitative estimate of drug-likeness (QED) is 0.358. The van der Waals surface area contributed by atoms with E-state index in [1.807, 2.05) is 30.1 Å². The number of carbonyl (C=O) groups is 2. The van der Waals surface area contributed by atoms with Crippen LogP contribution in [0.15, 0.2) is 65.2 Å². The van der Waals surface area contributed by atoms with E-state index in [4.69, 9.17) is 4.74 Å². The molecular formula is C31H38N2O5S. The summed E-state index contributed by atoms with van der Waals surface area (Å²) in [6.45, 7) is 10.7. The van der Waals surface area contributed by atoms with E-state index in [1.54, 1.807) is 10.4 Å². The first-order valence-corrected chi connectivity index (χ1v) is 14.9. The van der Waals surface area contributed by atoms with E-state index in [0.717, 1.165) is 36.2 Å². The Morgan fingerprint density at radius 1 is 1.03 bits per heavy atom. The molecule has 5 rings (SSSR count). The van der Waals surface area contributed by atoms with Gasteiger partial charge in [-0.1, -0.05) is 58.9 Å². The number of allylic oxidation sites excluding steroid dienone is 1. The van der Waals surface area contributed by atoms with Crippen molar-refractivity contribution in [2.45, 2.75) is 70.2 Å². The van der Waals surface area contributed by atoms with Crippen LogP contribution in [0.5, 0.6) is 0 Å². The van der Waals surface area contributed by atoms with E-state index in [0.29, 0.717) is 6.54 Å². The van der Waals surface area contributed by atoms with Crippen molar-refractivity contribution in [1.82, 2.24) is 4.31 Å². The molecule has 0 aromatic heterocycles. The number of hydrogen-bond donors (Lipinski definition) is 0. The molecule has 1 saturated carbocycles. The van der Waals surface area contributed by atoms with Crippen LogP contribution in [0.2, 0.25) is 0 Å². The largest absolute Gasteiger partial charge is 0.454 e. The van der Waals surface area contributed by atoms with E-state index in [-0.39, 0.29) is 38.5 Å². The first-order chi connectivity index (χ1) is 18.1. The van der Waals surface area contributed by atoms with Crippen LogP contribution in [0, 0.1) is 10.8 Å². The predicted molar refractivity (Wildman–Crippen MR) is 151 cm³/mol. The van der Waals surface area contributed by atoms with Crippen molar-refractivity contribution >= 4 is 27.5 Å². The van der Waals surface area contributed by atoms with Crippen molar-refractivity contribution in [1.29, 1.82) is 0 Å². The fraction of sp³-hybridized carbons (Fsp3) is 0.484. The third-order valence-corrected chi connectivity index (χ3v) is 10.5. The van der Waals surface area contributed by atoms with Gasteiger partial charge in [0.15, 0.2) is 12.4 Å². The molecule has 2 aromatic rings. The Kier molecular flexibility index (Phi) is 6.58. The van der Waals surface area contributed by atoms with Gasteiger partial charge < -0.3 is 9.64 Å². The number of rotatable bonds is 6. The molecule has 0 radical (unpaired) electrons. The van der Waals surface area contributed by atoms with Crippen LogP contribution in [0.4, 0.5) is 5.69 Å². The molecule has 2 bridgehead atoms. The molecule has 2 fully saturated rings. The number of sulfonamides is 1. The number of anilines is 1. The van der Waals surface area contributed by atoms with Crippen LogP contribution in [0.25, 0.3) is 0 Å². The van der Waals surface area contributed by atoms with E-state index in [2.05, 4.69) is 40.7 Å². The minimum absolute atomic E-state index is 0.0471. The molecule has 3 aliphatic rings. The average Bonchev–Trinajstić information content (AvgIpc) is 3.24. The second-order valence-corrected chi connectivity index (χ2v) is 15.0. The highest BCUT2D eigenvalue weighted by molar-refractivity contribution is 7.89. The highest BCUT2D eigenvalue weighted by Crippen LogP contribution is 2.53. The first kappa shape index (κ1) is 27.6. The molecule has 1 saturated heterocycles.